The molecule has 9 fully saturated rings. The largest absolute Gasteiger partial charge is 0.396 e. The first kappa shape index (κ1) is 81.0. The Morgan fingerprint density at radius 3 is 1.58 bits per heavy atom. The van der Waals surface area contributed by atoms with E-state index >= 15 is 0 Å². The molecular formula is C68H116O32. The molecule has 5 heterocycles. The van der Waals surface area contributed by atoms with Crippen LogP contribution in [0.4, 0.5) is 0 Å². The number of ether oxygens (including phenoxy) is 11. The van der Waals surface area contributed by atoms with Gasteiger partial charge in [-0.2, -0.15) is 0 Å². The Morgan fingerprint density at radius 2 is 1.00 bits per heavy atom. The number of hydrogen-bond donors (Lipinski definition) is 21. The van der Waals surface area contributed by atoms with Crippen molar-refractivity contribution in [2.75, 3.05) is 39.6 Å². The van der Waals surface area contributed by atoms with Crippen LogP contribution in [0.1, 0.15) is 120 Å². The smallest absolute Gasteiger partial charge is 0.187 e. The molecule has 32 heteroatoms. The van der Waals surface area contributed by atoms with Crippen LogP contribution in [0.3, 0.4) is 0 Å². The molecule has 0 spiro atoms. The molecule has 0 aromatic rings. The van der Waals surface area contributed by atoms with E-state index in [9.17, 15) is 107 Å². The van der Waals surface area contributed by atoms with Gasteiger partial charge in [0.1, 0.15) is 122 Å². The molecule has 32 nitrogen and oxygen atoms in total. The Labute approximate surface area is 581 Å². The van der Waals surface area contributed by atoms with Gasteiger partial charge in [-0.3, -0.25) is 0 Å². The van der Waals surface area contributed by atoms with Gasteiger partial charge in [-0.05, 0) is 106 Å². The van der Waals surface area contributed by atoms with E-state index in [1.54, 1.807) is 0 Å². The van der Waals surface area contributed by atoms with Crippen molar-refractivity contribution in [3.63, 3.8) is 0 Å². The normalized spacial score (nSPS) is 52.1. The standard InChI is InChI=1S/C68H116O32/c1-26(29-16-17-66(7)38-13-11-30-31(68(38,9)39(72)19-67(29,66)8)12-15-40(64(30,3)4)98-61-56(87)53(84)48(79)36(96-61)24-92-60-55(86)51(82)46(77)33(21-70)93-60)10-14-41(65(5,6)89)99-63-58(100-62-57(88)52(83)47(78)34(22-71)94-62)54(85)49(80)37(97-63)25-91-59-43(74)27(2)42(73)35(95-59)23-90-32-18-28(20-69)44(75)50(81)45(32)76/h11,26-29,31-63,69-89H,10,12-25H2,1-9H3/t26-,27+,28-,29?,31?,32?,33-,34+,35-,36-,37-,38?,39-,40+,41-,42+,43-,44-,45+,46-,47+,48-,49-,50+,51+,52-,53+,54+,55-,56-,57+,58-,59-,60+,61+,62-,63+,66+,67-,68+/m1/s1. The highest BCUT2D eigenvalue weighted by Gasteiger charge is 2.71. The number of allylic oxidation sites excluding steroid dienone is 1. The van der Waals surface area contributed by atoms with E-state index in [0.717, 1.165) is 18.4 Å². The van der Waals surface area contributed by atoms with Gasteiger partial charge < -0.3 is 159 Å². The van der Waals surface area contributed by atoms with Gasteiger partial charge in [0, 0.05) is 29.3 Å². The Hall–Kier alpha value is -1.54. The van der Waals surface area contributed by atoms with Crippen LogP contribution in [0.5, 0.6) is 0 Å². The minimum Gasteiger partial charge on any atom is -0.396 e. The van der Waals surface area contributed by atoms with Crippen LogP contribution in [0.2, 0.25) is 0 Å². The van der Waals surface area contributed by atoms with Crippen LogP contribution in [-0.2, 0) is 52.1 Å². The van der Waals surface area contributed by atoms with Crippen LogP contribution in [0.15, 0.2) is 11.6 Å². The topological polar surface area (TPSA) is 526 Å². The lowest BCUT2D eigenvalue weighted by Gasteiger charge is -2.67. The minimum atomic E-state index is -1.98. The molecule has 0 aromatic carbocycles. The summed E-state index contributed by atoms with van der Waals surface area (Å²) in [5, 5.41) is 229. The lowest BCUT2D eigenvalue weighted by atomic mass is 9.38. The summed E-state index contributed by atoms with van der Waals surface area (Å²) in [6.07, 6.45) is -40.9. The molecule has 4 saturated carbocycles. The van der Waals surface area contributed by atoms with Crippen molar-refractivity contribution in [2.45, 2.75) is 316 Å². The van der Waals surface area contributed by atoms with Gasteiger partial charge in [-0.15, -0.1) is 0 Å². The highest BCUT2D eigenvalue weighted by atomic mass is 16.8. The van der Waals surface area contributed by atoms with Crippen LogP contribution >= 0.6 is 0 Å². The molecule has 0 bridgehead atoms. The van der Waals surface area contributed by atoms with Gasteiger partial charge in [0.05, 0.1) is 75.3 Å². The molecule has 580 valence electrons. The Morgan fingerprint density at radius 1 is 0.510 bits per heavy atom. The second kappa shape index (κ2) is 31.6. The number of hydrogen-bond acceptors (Lipinski definition) is 32. The monoisotopic (exact) mass is 1440 g/mol. The first-order valence-corrected chi connectivity index (χ1v) is 35.7. The Bertz CT molecular complexity index is 2670. The molecule has 40 atom stereocenters. The van der Waals surface area contributed by atoms with Gasteiger partial charge in [0.2, 0.25) is 0 Å². The summed E-state index contributed by atoms with van der Waals surface area (Å²) in [7, 11) is 0. The molecule has 0 amide bonds. The van der Waals surface area contributed by atoms with E-state index < -0.39 is 263 Å². The molecule has 0 radical (unpaired) electrons. The van der Waals surface area contributed by atoms with Gasteiger partial charge in [0.25, 0.3) is 0 Å². The molecule has 4 unspecified atom stereocenters. The van der Waals surface area contributed by atoms with E-state index in [4.69, 9.17) is 52.1 Å². The summed E-state index contributed by atoms with van der Waals surface area (Å²) in [6.45, 7) is 13.9. The third-order valence-electron chi connectivity index (χ3n) is 25.9. The number of aliphatic hydroxyl groups excluding tert-OH is 20. The lowest BCUT2D eigenvalue weighted by molar-refractivity contribution is -0.380. The average Bonchev–Trinajstić information content (AvgIpc) is 1.32. The molecule has 10 aliphatic rings. The quantitative estimate of drug-likeness (QED) is 0.0424. The highest BCUT2D eigenvalue weighted by molar-refractivity contribution is 5.32. The molecule has 100 heavy (non-hydrogen) atoms. The molecule has 10 rings (SSSR count). The van der Waals surface area contributed by atoms with Gasteiger partial charge in [-0.1, -0.05) is 60.1 Å². The summed E-state index contributed by atoms with van der Waals surface area (Å²) in [4.78, 5) is 0. The van der Waals surface area contributed by atoms with E-state index in [1.165, 1.54) is 20.8 Å². The maximum absolute atomic E-state index is 12.9. The van der Waals surface area contributed by atoms with Crippen molar-refractivity contribution < 1.29 is 159 Å². The molecule has 5 saturated heterocycles. The zero-order valence-electron chi connectivity index (χ0n) is 58.4. The fourth-order valence-electron chi connectivity index (χ4n) is 19.0. The van der Waals surface area contributed by atoms with Gasteiger partial charge >= 0.3 is 0 Å². The van der Waals surface area contributed by atoms with E-state index in [0.29, 0.717) is 32.1 Å². The zero-order chi connectivity index (χ0) is 73.5. The van der Waals surface area contributed by atoms with Gasteiger partial charge in [0.15, 0.2) is 31.5 Å². The predicted molar refractivity (Wildman–Crippen MR) is 339 cm³/mol. The average molecular weight is 1450 g/mol. The fraction of sp³-hybridized carbons (Fsp3) is 0.971. The third kappa shape index (κ3) is 15.0. The highest BCUT2D eigenvalue weighted by Crippen LogP contribution is 2.75. The van der Waals surface area contributed by atoms with E-state index in [-0.39, 0.29) is 41.9 Å². The number of fused-ring (bicyclic) bond motifs is 5. The summed E-state index contributed by atoms with van der Waals surface area (Å²) in [5.74, 6) is -1.85. The van der Waals surface area contributed by atoms with E-state index in [1.807, 2.05) is 13.8 Å². The van der Waals surface area contributed by atoms with Crippen molar-refractivity contribution in [3.05, 3.63) is 11.6 Å². The fourth-order valence-corrected chi connectivity index (χ4v) is 19.0. The Kier molecular flexibility index (Phi) is 25.6. The predicted octanol–water partition coefficient (Wildman–Crippen LogP) is -5.64. The summed E-state index contributed by atoms with van der Waals surface area (Å²) in [5.41, 5.74) is -2.59. The maximum Gasteiger partial charge on any atom is 0.187 e. The van der Waals surface area contributed by atoms with Crippen molar-refractivity contribution in [2.24, 2.45) is 57.2 Å². The first-order valence-electron chi connectivity index (χ1n) is 35.7. The summed E-state index contributed by atoms with van der Waals surface area (Å²) in [6, 6.07) is 0. The van der Waals surface area contributed by atoms with Crippen molar-refractivity contribution in [1.29, 1.82) is 0 Å². The zero-order valence-corrected chi connectivity index (χ0v) is 58.4. The molecular weight excluding hydrogens is 1330 g/mol. The van der Waals surface area contributed by atoms with Crippen LogP contribution in [-0.4, -0.2) is 343 Å². The molecule has 0 aromatic heterocycles. The first-order chi connectivity index (χ1) is 46.8. The summed E-state index contributed by atoms with van der Waals surface area (Å²) < 4.78 is 66.5. The number of aliphatic hydroxyl groups is 21. The van der Waals surface area contributed by atoms with Crippen molar-refractivity contribution in [1.82, 2.24) is 0 Å². The Balaban J connectivity index is 0.815. The number of rotatable bonds is 23. The van der Waals surface area contributed by atoms with Crippen LogP contribution in [0, 0.1) is 57.2 Å². The maximum atomic E-state index is 12.9. The minimum absolute atomic E-state index is 0.0149. The van der Waals surface area contributed by atoms with Gasteiger partial charge in [-0.25, -0.2) is 0 Å². The lowest BCUT2D eigenvalue weighted by Crippen LogP contribution is -2.65. The van der Waals surface area contributed by atoms with Crippen molar-refractivity contribution in [3.8, 4) is 0 Å². The second-order valence-electron chi connectivity index (χ2n) is 32.4. The van der Waals surface area contributed by atoms with E-state index in [2.05, 4.69) is 33.8 Å². The SMILES string of the molecule is C[C@@H]1[C@@H](O)[C@H](OC[C@H]2O[C@@H](O[C@H](CC[C@@H](C)C3CC[C@@]4(C)C5CC=C6C(CC[C@H](O[C@@H]7O[C@H](CO[C@H]8O[C@H](CO)[C@@H](O)[C@H](O)[C@H]8O)[C@@H](O)[C@H](O)[C@H]7O)C6(C)C)[C@]5(C)[C@H](O)C[C@]34C)C(C)(C)O)[C@H](O[C@H]3O[C@@H](CO)[C@H](O)[C@@H](O)[C@@H]3O)[C@@H](O)[C@@H]2O)O[C@H](COC2C[C@H](CO)[C@@H](O)[C@H](O)[C@H]2O)[C@H]1O. The third-order valence-corrected chi connectivity index (χ3v) is 25.9. The second-order valence-corrected chi connectivity index (χ2v) is 32.4. The van der Waals surface area contributed by atoms with Crippen LogP contribution < -0.4 is 0 Å². The molecule has 5 aliphatic carbocycles. The van der Waals surface area contributed by atoms with Crippen molar-refractivity contribution >= 4 is 0 Å². The van der Waals surface area contributed by atoms with Crippen LogP contribution in [0.25, 0.3) is 0 Å². The molecule has 5 aliphatic heterocycles. The molecule has 21 N–H and O–H groups in total. The summed E-state index contributed by atoms with van der Waals surface area (Å²) >= 11 is 0.